The van der Waals surface area contributed by atoms with Crippen molar-refractivity contribution in [2.75, 3.05) is 0 Å². The molecule has 23 heavy (non-hydrogen) atoms. The largest absolute Gasteiger partial charge is 0.504 e. The Balaban J connectivity index is 2.08. The highest BCUT2D eigenvalue weighted by molar-refractivity contribution is 5.96. The minimum absolute atomic E-state index is 0.212. The highest BCUT2D eigenvalue weighted by Crippen LogP contribution is 2.42. The summed E-state index contributed by atoms with van der Waals surface area (Å²) in [6.07, 6.45) is 0. The van der Waals surface area contributed by atoms with Gasteiger partial charge in [0.1, 0.15) is 0 Å². The maximum Gasteiger partial charge on any atom is 0.322 e. The van der Waals surface area contributed by atoms with E-state index in [1.165, 1.54) is 12.1 Å². The molecule has 2 N–H and O–H groups in total. The van der Waals surface area contributed by atoms with E-state index in [1.807, 2.05) is 18.2 Å². The van der Waals surface area contributed by atoms with Crippen molar-refractivity contribution in [3.05, 3.63) is 64.7 Å². The maximum absolute atomic E-state index is 11.1. The summed E-state index contributed by atoms with van der Waals surface area (Å²) in [6, 6.07) is 14.9. The summed E-state index contributed by atoms with van der Waals surface area (Å²) in [6.45, 7) is 0. The molecule has 0 fully saturated rings. The lowest BCUT2D eigenvalue weighted by molar-refractivity contribution is -0.384. The standard InChI is InChI=1S/C16H11N3O4/c20-14-9-10-8-12(18-17-11-4-2-1-3-5-11)6-7-13(10)15(16(14)21)19(22)23/h1-9,20-21H/b18-17+. The summed E-state index contributed by atoms with van der Waals surface area (Å²) >= 11 is 0. The van der Waals surface area contributed by atoms with E-state index in [1.54, 1.807) is 24.3 Å². The van der Waals surface area contributed by atoms with Crippen LogP contribution in [0.15, 0.2) is 64.8 Å². The summed E-state index contributed by atoms with van der Waals surface area (Å²) in [5.74, 6) is -1.30. The summed E-state index contributed by atoms with van der Waals surface area (Å²) < 4.78 is 0. The van der Waals surface area contributed by atoms with Gasteiger partial charge in [0.15, 0.2) is 5.75 Å². The van der Waals surface area contributed by atoms with Crippen molar-refractivity contribution in [3.8, 4) is 11.5 Å². The monoisotopic (exact) mass is 309 g/mol. The molecule has 0 bridgehead atoms. The van der Waals surface area contributed by atoms with Gasteiger partial charge in [-0.1, -0.05) is 18.2 Å². The number of phenols is 2. The van der Waals surface area contributed by atoms with Gasteiger partial charge in [0, 0.05) is 0 Å². The van der Waals surface area contributed by atoms with Crippen LogP contribution in [0.3, 0.4) is 0 Å². The number of nitro benzene ring substituents is 1. The molecule has 0 amide bonds. The molecule has 7 nitrogen and oxygen atoms in total. The second-order valence-corrected chi connectivity index (χ2v) is 4.79. The first-order valence-electron chi connectivity index (χ1n) is 6.66. The SMILES string of the molecule is O=[N+]([O-])c1c(O)c(O)cc2cc(/N=N/c3ccccc3)ccc12. The van der Waals surface area contributed by atoms with Gasteiger partial charge in [0.25, 0.3) is 0 Å². The zero-order valence-corrected chi connectivity index (χ0v) is 11.7. The average molecular weight is 309 g/mol. The first kappa shape index (κ1) is 14.5. The van der Waals surface area contributed by atoms with E-state index in [0.717, 1.165) is 0 Å². The molecule has 0 saturated carbocycles. The van der Waals surface area contributed by atoms with Crippen LogP contribution in [0, 0.1) is 10.1 Å². The second-order valence-electron chi connectivity index (χ2n) is 4.79. The van der Waals surface area contributed by atoms with Crippen molar-refractivity contribution in [1.29, 1.82) is 0 Å². The van der Waals surface area contributed by atoms with Crippen molar-refractivity contribution in [1.82, 2.24) is 0 Å². The van der Waals surface area contributed by atoms with E-state index in [2.05, 4.69) is 10.2 Å². The molecule has 0 aliphatic heterocycles. The summed E-state index contributed by atoms with van der Waals surface area (Å²) in [5, 5.41) is 39.1. The number of benzene rings is 3. The van der Waals surface area contributed by atoms with E-state index in [-0.39, 0.29) is 5.39 Å². The number of hydrogen-bond donors (Lipinski definition) is 2. The highest BCUT2D eigenvalue weighted by atomic mass is 16.6. The van der Waals surface area contributed by atoms with Crippen molar-refractivity contribution >= 4 is 27.8 Å². The third-order valence-corrected chi connectivity index (χ3v) is 3.27. The van der Waals surface area contributed by atoms with E-state index >= 15 is 0 Å². The fourth-order valence-corrected chi connectivity index (χ4v) is 2.21. The first-order chi connectivity index (χ1) is 11.1. The fourth-order valence-electron chi connectivity index (χ4n) is 2.21. The van der Waals surface area contributed by atoms with Crippen molar-refractivity contribution in [2.45, 2.75) is 0 Å². The fraction of sp³-hybridized carbons (Fsp3) is 0. The van der Waals surface area contributed by atoms with Crippen LogP contribution >= 0.6 is 0 Å². The molecule has 3 aromatic carbocycles. The Hall–Kier alpha value is -3.48. The number of aromatic hydroxyl groups is 2. The number of hydrogen-bond acceptors (Lipinski definition) is 6. The normalized spacial score (nSPS) is 11.1. The molecule has 0 aliphatic rings. The molecule has 0 aromatic heterocycles. The van der Waals surface area contributed by atoms with Gasteiger partial charge in [-0.2, -0.15) is 10.2 Å². The van der Waals surface area contributed by atoms with Gasteiger partial charge in [-0.25, -0.2) is 0 Å². The predicted octanol–water partition coefficient (Wildman–Crippen LogP) is 4.57. The minimum atomic E-state index is -0.749. The topological polar surface area (TPSA) is 108 Å². The molecule has 3 aromatic rings. The molecule has 0 aliphatic carbocycles. The van der Waals surface area contributed by atoms with Gasteiger partial charge >= 0.3 is 5.69 Å². The Kier molecular flexibility index (Phi) is 3.60. The Morgan fingerprint density at radius 3 is 2.30 bits per heavy atom. The van der Waals surface area contributed by atoms with Gasteiger partial charge in [-0.05, 0) is 41.8 Å². The molecule has 0 saturated heterocycles. The number of nitrogens with zero attached hydrogens (tertiary/aromatic N) is 3. The minimum Gasteiger partial charge on any atom is -0.504 e. The van der Waals surface area contributed by atoms with E-state index in [4.69, 9.17) is 0 Å². The van der Waals surface area contributed by atoms with Crippen molar-refractivity contribution in [3.63, 3.8) is 0 Å². The predicted molar refractivity (Wildman–Crippen MR) is 84.6 cm³/mol. The number of azo groups is 1. The van der Waals surface area contributed by atoms with Gasteiger partial charge in [-0.15, -0.1) is 0 Å². The van der Waals surface area contributed by atoms with Gasteiger partial charge in [-0.3, -0.25) is 10.1 Å². The van der Waals surface area contributed by atoms with Crippen LogP contribution in [-0.2, 0) is 0 Å². The van der Waals surface area contributed by atoms with Crippen LogP contribution in [0.1, 0.15) is 0 Å². The first-order valence-corrected chi connectivity index (χ1v) is 6.66. The van der Waals surface area contributed by atoms with Gasteiger partial charge in [0.05, 0.1) is 21.7 Å². The number of phenolic OH excluding ortho intramolecular Hbond substituents is 2. The zero-order chi connectivity index (χ0) is 16.4. The Morgan fingerprint density at radius 2 is 1.61 bits per heavy atom. The molecule has 114 valence electrons. The van der Waals surface area contributed by atoms with Crippen LogP contribution in [-0.4, -0.2) is 15.1 Å². The maximum atomic E-state index is 11.1. The summed E-state index contributed by atoms with van der Waals surface area (Å²) in [5.41, 5.74) is 0.611. The second kappa shape index (κ2) is 5.72. The van der Waals surface area contributed by atoms with E-state index in [0.29, 0.717) is 16.8 Å². The van der Waals surface area contributed by atoms with E-state index in [9.17, 15) is 20.3 Å². The molecule has 3 rings (SSSR count). The summed E-state index contributed by atoms with van der Waals surface area (Å²) in [4.78, 5) is 10.3. The van der Waals surface area contributed by atoms with Gasteiger partial charge in [0.2, 0.25) is 5.75 Å². The number of fused-ring (bicyclic) bond motifs is 1. The van der Waals surface area contributed by atoms with Crippen LogP contribution in [0.2, 0.25) is 0 Å². The molecule has 0 unspecified atom stereocenters. The highest BCUT2D eigenvalue weighted by Gasteiger charge is 2.22. The number of rotatable bonds is 3. The Labute approximate surface area is 130 Å². The van der Waals surface area contributed by atoms with Crippen molar-refractivity contribution < 1.29 is 15.1 Å². The van der Waals surface area contributed by atoms with Crippen LogP contribution in [0.5, 0.6) is 11.5 Å². The van der Waals surface area contributed by atoms with Crippen LogP contribution in [0.4, 0.5) is 17.1 Å². The van der Waals surface area contributed by atoms with Gasteiger partial charge < -0.3 is 10.2 Å². The molecule has 0 heterocycles. The quantitative estimate of drug-likeness (QED) is 0.319. The van der Waals surface area contributed by atoms with Crippen LogP contribution < -0.4 is 0 Å². The lowest BCUT2D eigenvalue weighted by Crippen LogP contribution is -1.90. The Bertz CT molecular complexity index is 924. The van der Waals surface area contributed by atoms with E-state index < -0.39 is 22.1 Å². The lowest BCUT2D eigenvalue weighted by atomic mass is 10.1. The molecular weight excluding hydrogens is 298 g/mol. The molecule has 0 radical (unpaired) electrons. The third kappa shape index (κ3) is 2.80. The number of nitro groups is 1. The van der Waals surface area contributed by atoms with Crippen LogP contribution in [0.25, 0.3) is 10.8 Å². The smallest absolute Gasteiger partial charge is 0.322 e. The lowest BCUT2D eigenvalue weighted by Gasteiger charge is -2.04. The Morgan fingerprint density at radius 1 is 0.913 bits per heavy atom. The molecule has 0 atom stereocenters. The zero-order valence-electron chi connectivity index (χ0n) is 11.7. The third-order valence-electron chi connectivity index (χ3n) is 3.27. The summed E-state index contributed by atoms with van der Waals surface area (Å²) in [7, 11) is 0. The molecular formula is C16H11N3O4. The molecule has 7 heteroatoms. The molecule has 0 spiro atoms. The van der Waals surface area contributed by atoms with Crippen molar-refractivity contribution in [2.24, 2.45) is 10.2 Å². The average Bonchev–Trinajstić information content (AvgIpc) is 2.54.